The zero-order chi connectivity index (χ0) is 16.6. The average Bonchev–Trinajstić information content (AvgIpc) is 2.64. The van der Waals surface area contributed by atoms with Gasteiger partial charge in [0.1, 0.15) is 5.82 Å². The summed E-state index contributed by atoms with van der Waals surface area (Å²) in [6.07, 6.45) is 1.37. The van der Waals surface area contributed by atoms with Crippen molar-refractivity contribution in [1.29, 1.82) is 0 Å². The molecule has 2 aromatic carbocycles. The highest BCUT2D eigenvalue weighted by atomic mass is 32.2. The van der Waals surface area contributed by atoms with Crippen LogP contribution in [0.15, 0.2) is 52.9 Å². The van der Waals surface area contributed by atoms with Gasteiger partial charge in [0.2, 0.25) is 0 Å². The van der Waals surface area contributed by atoms with Crippen LogP contribution in [-0.2, 0) is 14.6 Å². The summed E-state index contributed by atoms with van der Waals surface area (Å²) in [5, 5.41) is 9.17. The number of carboxylic acids is 1. The van der Waals surface area contributed by atoms with E-state index in [1.807, 2.05) is 0 Å². The first-order chi connectivity index (χ1) is 10.9. The molecule has 1 aliphatic rings. The number of rotatable bonds is 2. The van der Waals surface area contributed by atoms with Gasteiger partial charge in [-0.2, -0.15) is 0 Å². The van der Waals surface area contributed by atoms with E-state index in [0.29, 0.717) is 11.1 Å². The van der Waals surface area contributed by atoms with Gasteiger partial charge in [0, 0.05) is 5.57 Å². The molecule has 6 heteroatoms. The molecular weight excluding hydrogens is 319 g/mol. The first kappa shape index (κ1) is 15.4. The van der Waals surface area contributed by atoms with Gasteiger partial charge in [-0.3, -0.25) is 0 Å². The molecule has 23 heavy (non-hydrogen) atoms. The Bertz CT molecular complexity index is 912. The molecule has 0 aromatic heterocycles. The summed E-state index contributed by atoms with van der Waals surface area (Å²) in [7, 11) is -3.53. The largest absolute Gasteiger partial charge is 0.478 e. The number of benzene rings is 2. The predicted octanol–water partition coefficient (Wildman–Crippen LogP) is 3.14. The molecule has 0 bridgehead atoms. The number of hydrogen-bond acceptors (Lipinski definition) is 3. The number of sulfone groups is 1. The lowest BCUT2D eigenvalue weighted by Gasteiger charge is -2.08. The van der Waals surface area contributed by atoms with Crippen LogP contribution < -0.4 is 0 Å². The third-order valence-electron chi connectivity index (χ3n) is 3.77. The molecule has 1 aliphatic heterocycles. The van der Waals surface area contributed by atoms with E-state index in [9.17, 15) is 22.7 Å². The van der Waals surface area contributed by atoms with Gasteiger partial charge in [-0.25, -0.2) is 17.6 Å². The molecule has 1 heterocycles. The number of carbonyl (C=O) groups is 1. The zero-order valence-electron chi connectivity index (χ0n) is 12.0. The number of halogens is 1. The Hall–Kier alpha value is -2.47. The van der Waals surface area contributed by atoms with Gasteiger partial charge in [-0.15, -0.1) is 0 Å². The third kappa shape index (κ3) is 3.03. The summed E-state index contributed by atoms with van der Waals surface area (Å²) in [6, 6.07) is 10.5. The normalized spacial score (nSPS) is 16.1. The van der Waals surface area contributed by atoms with E-state index in [2.05, 4.69) is 0 Å². The standard InChI is InChI=1S/C17H13FO4S/c18-15-4-1-11(2-5-15)12-3-6-16-14(9-12)10-13(17(19)20)7-8-23(16,21)22/h1-6,9-10H,7-8H2,(H,19,20). The maximum absolute atomic E-state index is 13.0. The highest BCUT2D eigenvalue weighted by Crippen LogP contribution is 2.30. The smallest absolute Gasteiger partial charge is 0.331 e. The molecule has 0 unspecified atom stereocenters. The predicted molar refractivity (Wildman–Crippen MR) is 84.1 cm³/mol. The minimum Gasteiger partial charge on any atom is -0.478 e. The summed E-state index contributed by atoms with van der Waals surface area (Å²) in [4.78, 5) is 11.3. The lowest BCUT2D eigenvalue weighted by atomic mass is 10.0. The zero-order valence-corrected chi connectivity index (χ0v) is 12.8. The second kappa shape index (κ2) is 5.62. The van der Waals surface area contributed by atoms with Crippen LogP contribution in [0.2, 0.25) is 0 Å². The van der Waals surface area contributed by atoms with E-state index in [1.165, 1.54) is 24.3 Å². The number of carboxylic acid groups (broad SMARTS) is 1. The summed E-state index contributed by atoms with van der Waals surface area (Å²) >= 11 is 0. The van der Waals surface area contributed by atoms with Crippen molar-refractivity contribution >= 4 is 21.9 Å². The lowest BCUT2D eigenvalue weighted by molar-refractivity contribution is -0.132. The Morgan fingerprint density at radius 3 is 2.35 bits per heavy atom. The summed E-state index contributed by atoms with van der Waals surface area (Å²) in [6.45, 7) is 0. The maximum atomic E-state index is 13.0. The van der Waals surface area contributed by atoms with Gasteiger partial charge in [0.15, 0.2) is 9.84 Å². The molecule has 0 spiro atoms. The number of fused-ring (bicyclic) bond motifs is 1. The molecule has 0 saturated heterocycles. The van der Waals surface area contributed by atoms with Crippen molar-refractivity contribution in [3.8, 4) is 11.1 Å². The van der Waals surface area contributed by atoms with Gasteiger partial charge in [-0.1, -0.05) is 18.2 Å². The molecule has 4 nitrogen and oxygen atoms in total. The highest BCUT2D eigenvalue weighted by Gasteiger charge is 2.24. The Morgan fingerprint density at radius 1 is 1.04 bits per heavy atom. The molecule has 118 valence electrons. The van der Waals surface area contributed by atoms with E-state index in [1.54, 1.807) is 24.3 Å². The summed E-state index contributed by atoms with van der Waals surface area (Å²) < 4.78 is 37.6. The monoisotopic (exact) mass is 332 g/mol. The van der Waals surface area contributed by atoms with Crippen LogP contribution in [0.4, 0.5) is 4.39 Å². The highest BCUT2D eigenvalue weighted by molar-refractivity contribution is 7.91. The number of aliphatic carboxylic acids is 1. The Morgan fingerprint density at radius 2 is 1.70 bits per heavy atom. The Balaban J connectivity index is 2.17. The van der Waals surface area contributed by atoms with Crippen LogP contribution in [0, 0.1) is 5.82 Å². The van der Waals surface area contributed by atoms with E-state index >= 15 is 0 Å². The van der Waals surface area contributed by atoms with Crippen molar-refractivity contribution < 1.29 is 22.7 Å². The van der Waals surface area contributed by atoms with E-state index < -0.39 is 15.8 Å². The van der Waals surface area contributed by atoms with Crippen LogP contribution in [0.1, 0.15) is 12.0 Å². The first-order valence-electron chi connectivity index (χ1n) is 6.93. The molecule has 0 aliphatic carbocycles. The molecule has 0 saturated carbocycles. The van der Waals surface area contributed by atoms with Crippen molar-refractivity contribution in [2.45, 2.75) is 11.3 Å². The van der Waals surface area contributed by atoms with E-state index in [-0.39, 0.29) is 28.5 Å². The molecule has 2 aromatic rings. The van der Waals surface area contributed by atoms with Gasteiger partial charge in [0.25, 0.3) is 0 Å². The molecule has 0 fully saturated rings. The minimum absolute atomic E-state index is 0.0295. The average molecular weight is 332 g/mol. The van der Waals surface area contributed by atoms with Crippen molar-refractivity contribution in [3.63, 3.8) is 0 Å². The van der Waals surface area contributed by atoms with Crippen molar-refractivity contribution in [2.24, 2.45) is 0 Å². The molecular formula is C17H13FO4S. The van der Waals surface area contributed by atoms with Gasteiger partial charge < -0.3 is 5.11 Å². The van der Waals surface area contributed by atoms with Crippen LogP contribution in [0.3, 0.4) is 0 Å². The first-order valence-corrected chi connectivity index (χ1v) is 8.59. The van der Waals surface area contributed by atoms with Crippen molar-refractivity contribution in [2.75, 3.05) is 5.75 Å². The molecule has 3 rings (SSSR count). The van der Waals surface area contributed by atoms with Gasteiger partial charge in [0.05, 0.1) is 10.6 Å². The maximum Gasteiger partial charge on any atom is 0.331 e. The fourth-order valence-electron chi connectivity index (χ4n) is 2.55. The Labute approximate surface area is 132 Å². The van der Waals surface area contributed by atoms with Crippen LogP contribution in [0.25, 0.3) is 17.2 Å². The third-order valence-corrected chi connectivity index (χ3v) is 5.55. The van der Waals surface area contributed by atoms with Crippen LogP contribution >= 0.6 is 0 Å². The lowest BCUT2D eigenvalue weighted by Crippen LogP contribution is -2.08. The minimum atomic E-state index is -3.53. The fourth-order valence-corrected chi connectivity index (χ4v) is 4.01. The van der Waals surface area contributed by atoms with Crippen molar-refractivity contribution in [1.82, 2.24) is 0 Å². The molecule has 0 radical (unpaired) electrons. The van der Waals surface area contributed by atoms with Crippen LogP contribution in [-0.4, -0.2) is 25.2 Å². The number of hydrogen-bond donors (Lipinski definition) is 1. The van der Waals surface area contributed by atoms with Gasteiger partial charge in [-0.05, 0) is 53.5 Å². The van der Waals surface area contributed by atoms with E-state index in [0.717, 1.165) is 5.56 Å². The second-order valence-electron chi connectivity index (χ2n) is 5.30. The second-order valence-corrected chi connectivity index (χ2v) is 7.38. The topological polar surface area (TPSA) is 71.4 Å². The summed E-state index contributed by atoms with van der Waals surface area (Å²) in [5.41, 5.74) is 1.83. The summed E-state index contributed by atoms with van der Waals surface area (Å²) in [5.74, 6) is -1.71. The quantitative estimate of drug-likeness (QED) is 0.917. The van der Waals surface area contributed by atoms with Crippen LogP contribution in [0.5, 0.6) is 0 Å². The molecule has 1 N–H and O–H groups in total. The molecule has 0 atom stereocenters. The fraction of sp³-hybridized carbons (Fsp3) is 0.118. The SMILES string of the molecule is O=C(O)C1=Cc2cc(-c3ccc(F)cc3)ccc2S(=O)(=O)CC1. The Kier molecular flexibility index (Phi) is 3.77. The molecule has 0 amide bonds. The van der Waals surface area contributed by atoms with Gasteiger partial charge >= 0.3 is 5.97 Å². The van der Waals surface area contributed by atoms with E-state index in [4.69, 9.17) is 0 Å². The van der Waals surface area contributed by atoms with Crippen molar-refractivity contribution in [3.05, 3.63) is 59.4 Å².